The van der Waals surface area contributed by atoms with Gasteiger partial charge in [0.25, 0.3) is 0 Å². The van der Waals surface area contributed by atoms with Crippen LogP contribution in [0.4, 0.5) is 0 Å². The highest BCUT2D eigenvalue weighted by Crippen LogP contribution is 2.13. The maximum atomic E-state index is 11.2. The fraction of sp³-hybridized carbons (Fsp3) is 0.385. The predicted molar refractivity (Wildman–Crippen MR) is 64.4 cm³/mol. The number of benzene rings is 1. The molecule has 0 aliphatic carbocycles. The Labute approximate surface area is 101 Å². The number of nitrogens with zero attached hydrogens (tertiary/aromatic N) is 1. The van der Waals surface area contributed by atoms with Crippen LogP contribution in [0.2, 0.25) is 0 Å². The maximum absolute atomic E-state index is 11.2. The summed E-state index contributed by atoms with van der Waals surface area (Å²) in [5, 5.41) is 12.1. The van der Waals surface area contributed by atoms with Crippen LogP contribution < -0.4 is 5.32 Å². The quantitative estimate of drug-likeness (QED) is 0.789. The molecule has 0 spiro atoms. The Bertz CT molecular complexity index is 406. The van der Waals surface area contributed by atoms with E-state index < -0.39 is 0 Å². The predicted octanol–water partition coefficient (Wildman–Crippen LogP) is 2.04. The Kier molecular flexibility index (Phi) is 5.18. The summed E-state index contributed by atoms with van der Waals surface area (Å²) in [7, 11) is 1.34. The molecule has 0 aliphatic rings. The molecule has 0 bridgehead atoms. The summed E-state index contributed by atoms with van der Waals surface area (Å²) in [5.41, 5.74) is 1.34. The van der Waals surface area contributed by atoms with Gasteiger partial charge in [-0.25, -0.2) is 4.79 Å². The van der Waals surface area contributed by atoms with Crippen molar-refractivity contribution in [3.8, 4) is 6.07 Å². The van der Waals surface area contributed by atoms with E-state index in [1.54, 1.807) is 24.3 Å². The van der Waals surface area contributed by atoms with Crippen LogP contribution in [0.3, 0.4) is 0 Å². The molecule has 0 aromatic heterocycles. The number of hydrogen-bond acceptors (Lipinski definition) is 4. The molecule has 0 fully saturated rings. The Morgan fingerprint density at radius 3 is 2.59 bits per heavy atom. The normalized spacial score (nSPS) is 11.6. The molecule has 0 saturated heterocycles. The van der Waals surface area contributed by atoms with E-state index in [1.807, 2.05) is 6.92 Å². The number of rotatable bonds is 5. The summed E-state index contributed by atoms with van der Waals surface area (Å²) >= 11 is 0. The van der Waals surface area contributed by atoms with Crippen LogP contribution in [0.25, 0.3) is 0 Å². The second-order valence-electron chi connectivity index (χ2n) is 3.63. The van der Waals surface area contributed by atoms with E-state index in [4.69, 9.17) is 5.26 Å². The summed E-state index contributed by atoms with van der Waals surface area (Å²) < 4.78 is 4.61. The molecule has 1 atom stereocenters. The zero-order valence-electron chi connectivity index (χ0n) is 10.1. The first-order valence-corrected chi connectivity index (χ1v) is 5.54. The first kappa shape index (κ1) is 13.2. The van der Waals surface area contributed by atoms with Gasteiger partial charge in [-0.3, -0.25) is 5.32 Å². The Morgan fingerprint density at radius 2 is 2.12 bits per heavy atom. The van der Waals surface area contributed by atoms with E-state index >= 15 is 0 Å². The van der Waals surface area contributed by atoms with Gasteiger partial charge in [-0.15, -0.1) is 0 Å². The lowest BCUT2D eigenvalue weighted by Gasteiger charge is -2.11. The van der Waals surface area contributed by atoms with Crippen LogP contribution in [0, 0.1) is 11.3 Å². The minimum atomic E-state index is -0.369. The molecule has 1 aromatic rings. The number of hydrogen-bond donors (Lipinski definition) is 1. The van der Waals surface area contributed by atoms with Crippen molar-refractivity contribution < 1.29 is 9.53 Å². The summed E-state index contributed by atoms with van der Waals surface area (Å²) in [5.74, 6) is -0.369. The molecule has 0 saturated carbocycles. The number of nitriles is 1. The van der Waals surface area contributed by atoms with Crippen molar-refractivity contribution in [2.24, 2.45) is 0 Å². The van der Waals surface area contributed by atoms with Gasteiger partial charge in [-0.2, -0.15) is 5.26 Å². The van der Waals surface area contributed by atoms with Crippen LogP contribution in [0.5, 0.6) is 0 Å². The molecular weight excluding hydrogens is 216 g/mol. The fourth-order valence-corrected chi connectivity index (χ4v) is 1.46. The van der Waals surface area contributed by atoms with Crippen molar-refractivity contribution in [3.05, 3.63) is 35.4 Å². The van der Waals surface area contributed by atoms with Gasteiger partial charge in [0, 0.05) is 0 Å². The molecule has 1 N–H and O–H groups in total. The average Bonchev–Trinajstić information content (AvgIpc) is 2.39. The van der Waals surface area contributed by atoms with Crippen LogP contribution in [-0.4, -0.2) is 19.6 Å². The number of ether oxygens (including phenoxy) is 1. The van der Waals surface area contributed by atoms with E-state index in [1.165, 1.54) is 7.11 Å². The third-order valence-corrected chi connectivity index (χ3v) is 2.39. The number of methoxy groups -OCH3 is 1. The summed E-state index contributed by atoms with van der Waals surface area (Å²) in [4.78, 5) is 11.2. The van der Waals surface area contributed by atoms with Gasteiger partial charge in [0.05, 0.1) is 18.7 Å². The minimum absolute atomic E-state index is 0.332. The molecule has 1 rings (SSSR count). The first-order valence-electron chi connectivity index (χ1n) is 5.54. The Balaban J connectivity index is 2.78. The molecule has 17 heavy (non-hydrogen) atoms. The minimum Gasteiger partial charge on any atom is -0.465 e. The van der Waals surface area contributed by atoms with Crippen LogP contribution >= 0.6 is 0 Å². The number of carbonyl (C=O) groups is 1. The van der Waals surface area contributed by atoms with Gasteiger partial charge in [0.1, 0.15) is 6.04 Å². The SMILES string of the molecule is CCCNC(C#N)c1ccc(C(=O)OC)cc1. The molecule has 0 radical (unpaired) electrons. The van der Waals surface area contributed by atoms with Gasteiger partial charge >= 0.3 is 5.97 Å². The van der Waals surface area contributed by atoms with Crippen molar-refractivity contribution in [2.45, 2.75) is 19.4 Å². The summed E-state index contributed by atoms with van der Waals surface area (Å²) in [6.07, 6.45) is 0.971. The van der Waals surface area contributed by atoms with E-state index in [2.05, 4.69) is 16.1 Å². The van der Waals surface area contributed by atoms with Crippen LogP contribution in [0.1, 0.15) is 35.3 Å². The third-order valence-electron chi connectivity index (χ3n) is 2.39. The van der Waals surface area contributed by atoms with E-state index in [0.29, 0.717) is 5.56 Å². The topological polar surface area (TPSA) is 62.1 Å². The van der Waals surface area contributed by atoms with E-state index in [9.17, 15) is 4.79 Å². The van der Waals surface area contributed by atoms with Crippen molar-refractivity contribution in [1.29, 1.82) is 5.26 Å². The number of esters is 1. The second-order valence-corrected chi connectivity index (χ2v) is 3.63. The second kappa shape index (κ2) is 6.66. The molecule has 0 heterocycles. The van der Waals surface area contributed by atoms with Gasteiger partial charge in [-0.05, 0) is 30.7 Å². The monoisotopic (exact) mass is 232 g/mol. The Morgan fingerprint density at radius 1 is 1.47 bits per heavy atom. The van der Waals surface area contributed by atoms with Gasteiger partial charge in [-0.1, -0.05) is 19.1 Å². The molecule has 0 aliphatic heterocycles. The lowest BCUT2D eigenvalue weighted by molar-refractivity contribution is 0.0600. The van der Waals surface area contributed by atoms with Crippen molar-refractivity contribution in [2.75, 3.05) is 13.7 Å². The Hall–Kier alpha value is -1.86. The molecule has 0 amide bonds. The lowest BCUT2D eigenvalue weighted by atomic mass is 10.1. The number of carbonyl (C=O) groups excluding carboxylic acids is 1. The summed E-state index contributed by atoms with van der Waals surface area (Å²) in [6.45, 7) is 2.83. The smallest absolute Gasteiger partial charge is 0.337 e. The largest absolute Gasteiger partial charge is 0.465 e. The highest BCUT2D eigenvalue weighted by Gasteiger charge is 2.10. The maximum Gasteiger partial charge on any atom is 0.337 e. The standard InChI is InChI=1S/C13H16N2O2/c1-3-8-15-12(9-14)10-4-6-11(7-5-10)13(16)17-2/h4-7,12,15H,3,8H2,1-2H3. The highest BCUT2D eigenvalue weighted by molar-refractivity contribution is 5.89. The highest BCUT2D eigenvalue weighted by atomic mass is 16.5. The zero-order chi connectivity index (χ0) is 12.7. The molecule has 1 aromatic carbocycles. The molecule has 90 valence electrons. The van der Waals surface area contributed by atoms with Crippen molar-refractivity contribution in [1.82, 2.24) is 5.32 Å². The zero-order valence-corrected chi connectivity index (χ0v) is 10.1. The van der Waals surface area contributed by atoms with Gasteiger partial charge in [0.15, 0.2) is 0 Å². The molecule has 1 unspecified atom stereocenters. The van der Waals surface area contributed by atoms with Crippen LogP contribution in [-0.2, 0) is 4.74 Å². The number of nitrogens with one attached hydrogen (secondary N) is 1. The van der Waals surface area contributed by atoms with Crippen molar-refractivity contribution >= 4 is 5.97 Å². The molecule has 4 heteroatoms. The van der Waals surface area contributed by atoms with Gasteiger partial charge in [0.2, 0.25) is 0 Å². The molecule has 4 nitrogen and oxygen atoms in total. The van der Waals surface area contributed by atoms with Crippen LogP contribution in [0.15, 0.2) is 24.3 Å². The van der Waals surface area contributed by atoms with E-state index in [0.717, 1.165) is 18.5 Å². The van der Waals surface area contributed by atoms with E-state index in [-0.39, 0.29) is 12.0 Å². The molecular formula is C13H16N2O2. The van der Waals surface area contributed by atoms with Crippen molar-refractivity contribution in [3.63, 3.8) is 0 Å². The summed E-state index contributed by atoms with van der Waals surface area (Å²) in [6, 6.07) is 8.72. The van der Waals surface area contributed by atoms with Gasteiger partial charge < -0.3 is 4.74 Å². The lowest BCUT2D eigenvalue weighted by Crippen LogP contribution is -2.20. The first-order chi connectivity index (χ1) is 8.22. The average molecular weight is 232 g/mol. The third kappa shape index (κ3) is 3.58. The fourth-order valence-electron chi connectivity index (χ4n) is 1.46.